The molecular weight excluding hydrogens is 546 g/mol. The minimum atomic E-state index is -1.60. The van der Waals surface area contributed by atoms with Gasteiger partial charge in [0.1, 0.15) is 54.6 Å². The zero-order chi connectivity index (χ0) is 30.1. The molecule has 3 heterocycles. The molecule has 2 fully saturated rings. The first-order valence-corrected chi connectivity index (χ1v) is 13.4. The third-order valence-electron chi connectivity index (χ3n) is 8.09. The van der Waals surface area contributed by atoms with Crippen molar-refractivity contribution in [2.45, 2.75) is 87.7 Å². The summed E-state index contributed by atoms with van der Waals surface area (Å²) in [5.41, 5.74) is 0.221. The fraction of sp³-hybridized carbons (Fsp3) is 0.704. The van der Waals surface area contributed by atoms with Crippen molar-refractivity contribution >= 4 is 0 Å². The molecule has 3 aliphatic rings. The van der Waals surface area contributed by atoms with E-state index in [1.54, 1.807) is 24.3 Å². The summed E-state index contributed by atoms with van der Waals surface area (Å²) in [4.78, 5) is 0. The van der Waals surface area contributed by atoms with Gasteiger partial charge in [0, 0.05) is 25.7 Å². The number of nitrogens with one attached hydrogen (secondary N) is 1. The molecule has 4 rings (SSSR count). The van der Waals surface area contributed by atoms with Gasteiger partial charge >= 0.3 is 0 Å². The lowest BCUT2D eigenvalue weighted by Crippen LogP contribution is -2.65. The van der Waals surface area contributed by atoms with Gasteiger partial charge in [0.25, 0.3) is 0 Å². The molecule has 0 saturated carbocycles. The van der Waals surface area contributed by atoms with Gasteiger partial charge in [0.15, 0.2) is 12.0 Å². The van der Waals surface area contributed by atoms with Crippen LogP contribution < -0.4 is 10.1 Å². The monoisotopic (exact) mass is 587 g/mol. The number of benzene rings is 1. The molecule has 1 aromatic rings. The molecule has 0 amide bonds. The summed E-state index contributed by atoms with van der Waals surface area (Å²) in [6.45, 7) is 2.54. The van der Waals surface area contributed by atoms with E-state index in [9.17, 15) is 35.7 Å². The topological polar surface area (TPSA) is 209 Å². The minimum Gasteiger partial charge on any atom is -0.506 e. The van der Waals surface area contributed by atoms with Gasteiger partial charge in [-0.25, -0.2) is 0 Å². The molecule has 11 unspecified atom stereocenters. The Hall–Kier alpha value is -2.24. The predicted octanol–water partition coefficient (Wildman–Crippen LogP) is -1.18. The summed E-state index contributed by atoms with van der Waals surface area (Å²) in [5, 5.41) is 74.9. The van der Waals surface area contributed by atoms with Crippen LogP contribution in [0.3, 0.4) is 0 Å². The van der Waals surface area contributed by atoms with Crippen LogP contribution in [0, 0.1) is 5.41 Å². The molecule has 41 heavy (non-hydrogen) atoms. The second-order valence-electron chi connectivity index (χ2n) is 11.0. The summed E-state index contributed by atoms with van der Waals surface area (Å²) < 4.78 is 33.6. The summed E-state index contributed by atoms with van der Waals surface area (Å²) in [6.07, 6.45) is -12.0. The van der Waals surface area contributed by atoms with Gasteiger partial charge in [-0.15, -0.1) is 0 Å². The molecule has 232 valence electrons. The van der Waals surface area contributed by atoms with Crippen LogP contribution in [0.4, 0.5) is 0 Å². The maximum Gasteiger partial charge on any atom is 0.229 e. The van der Waals surface area contributed by atoms with Crippen LogP contribution in [-0.2, 0) is 30.1 Å². The molecule has 14 heteroatoms. The van der Waals surface area contributed by atoms with Crippen molar-refractivity contribution in [1.29, 1.82) is 0 Å². The average Bonchev–Trinajstić information content (AvgIpc) is 3.15. The van der Waals surface area contributed by atoms with E-state index >= 15 is 0 Å². The molecule has 11 atom stereocenters. The highest BCUT2D eigenvalue weighted by Crippen LogP contribution is 2.37. The lowest BCUT2D eigenvalue weighted by atomic mass is 9.82. The van der Waals surface area contributed by atoms with Crippen molar-refractivity contribution in [2.75, 3.05) is 27.4 Å². The van der Waals surface area contributed by atoms with Crippen LogP contribution in [0.25, 0.3) is 0 Å². The third-order valence-corrected chi connectivity index (χ3v) is 8.09. The van der Waals surface area contributed by atoms with E-state index in [2.05, 4.69) is 5.32 Å². The molecule has 3 aliphatic heterocycles. The Balaban J connectivity index is 1.40. The van der Waals surface area contributed by atoms with Gasteiger partial charge < -0.3 is 69.5 Å². The second-order valence-corrected chi connectivity index (χ2v) is 11.0. The van der Waals surface area contributed by atoms with E-state index < -0.39 is 80.0 Å². The Morgan fingerprint density at radius 1 is 0.805 bits per heavy atom. The fourth-order valence-electron chi connectivity index (χ4n) is 5.43. The van der Waals surface area contributed by atoms with Crippen LogP contribution >= 0.6 is 0 Å². The Morgan fingerprint density at radius 3 is 1.93 bits per heavy atom. The number of rotatable bonds is 10. The van der Waals surface area contributed by atoms with Gasteiger partial charge in [-0.2, -0.15) is 0 Å². The quantitative estimate of drug-likeness (QED) is 0.162. The maximum atomic E-state index is 10.9. The number of methoxy groups -OCH3 is 2. The Labute approximate surface area is 237 Å². The number of aliphatic hydroxyl groups excluding tert-OH is 7. The largest absolute Gasteiger partial charge is 0.506 e. The third kappa shape index (κ3) is 6.27. The molecular formula is C27H41NO13. The molecule has 0 radical (unpaired) electrons. The zero-order valence-electron chi connectivity index (χ0n) is 23.4. The first kappa shape index (κ1) is 31.7. The van der Waals surface area contributed by atoms with E-state index in [0.29, 0.717) is 12.2 Å². The highest BCUT2D eigenvalue weighted by atomic mass is 16.7. The van der Waals surface area contributed by atoms with Crippen molar-refractivity contribution in [3.05, 3.63) is 41.5 Å². The predicted molar refractivity (Wildman–Crippen MR) is 140 cm³/mol. The average molecular weight is 588 g/mol. The van der Waals surface area contributed by atoms with E-state index in [-0.39, 0.29) is 17.7 Å². The van der Waals surface area contributed by atoms with E-state index in [1.165, 1.54) is 14.2 Å². The van der Waals surface area contributed by atoms with Crippen LogP contribution in [0.15, 0.2) is 35.9 Å². The molecule has 0 bridgehead atoms. The molecule has 0 spiro atoms. The fourth-order valence-corrected chi connectivity index (χ4v) is 5.43. The van der Waals surface area contributed by atoms with Gasteiger partial charge in [0.05, 0.1) is 13.2 Å². The smallest absolute Gasteiger partial charge is 0.229 e. The SMILES string of the molecule is COC1C(CO)OC(OC2C(CO)OC(Oc3ccc(CC4NC(O)=C(O)C4(C)C)cc3)C(O)C2O)C(OC)C1O. The second kappa shape index (κ2) is 13.0. The van der Waals surface area contributed by atoms with Crippen LogP contribution in [0.2, 0.25) is 0 Å². The summed E-state index contributed by atoms with van der Waals surface area (Å²) >= 11 is 0. The number of ether oxygens (including phenoxy) is 6. The standard InChI is InChI=1S/C27H41NO13/c1-27(2)16(28-24(35)23(27)34)9-12-5-7-13(8-6-12)38-25-18(32)17(31)21(15(11-30)39-25)41-26-22(37-4)19(33)20(36-3)14(10-29)40-26/h5-8,14-22,25-26,28-35H,9-11H2,1-4H3. The summed E-state index contributed by atoms with van der Waals surface area (Å²) in [5.74, 6) is -0.0151. The Morgan fingerprint density at radius 2 is 1.39 bits per heavy atom. The minimum absolute atomic E-state index is 0.0958. The highest BCUT2D eigenvalue weighted by Gasteiger charge is 2.52. The van der Waals surface area contributed by atoms with Crippen molar-refractivity contribution in [3.8, 4) is 5.75 Å². The summed E-state index contributed by atoms with van der Waals surface area (Å²) in [6, 6.07) is 6.61. The molecule has 2 saturated heterocycles. The number of aliphatic hydroxyl groups is 7. The van der Waals surface area contributed by atoms with Gasteiger partial charge in [0.2, 0.25) is 12.2 Å². The van der Waals surface area contributed by atoms with E-state index in [4.69, 9.17) is 28.4 Å². The number of hydrogen-bond donors (Lipinski definition) is 8. The van der Waals surface area contributed by atoms with Gasteiger partial charge in [-0.3, -0.25) is 0 Å². The molecule has 1 aromatic carbocycles. The highest BCUT2D eigenvalue weighted by molar-refractivity contribution is 5.30. The van der Waals surface area contributed by atoms with Crippen molar-refractivity contribution < 1.29 is 64.2 Å². The van der Waals surface area contributed by atoms with Crippen molar-refractivity contribution in [1.82, 2.24) is 5.32 Å². The van der Waals surface area contributed by atoms with E-state index in [0.717, 1.165) is 5.56 Å². The van der Waals surface area contributed by atoms with Crippen LogP contribution in [0.1, 0.15) is 19.4 Å². The van der Waals surface area contributed by atoms with Crippen LogP contribution in [-0.4, -0.2) is 131 Å². The normalized spacial score (nSPS) is 39.0. The molecule has 8 N–H and O–H groups in total. The Bertz CT molecular complexity index is 1030. The van der Waals surface area contributed by atoms with Crippen molar-refractivity contribution in [3.63, 3.8) is 0 Å². The lowest BCUT2D eigenvalue weighted by Gasteiger charge is -2.47. The zero-order valence-corrected chi connectivity index (χ0v) is 23.4. The molecule has 0 aliphatic carbocycles. The maximum absolute atomic E-state index is 10.9. The Kier molecular flexibility index (Phi) is 10.0. The first-order chi connectivity index (χ1) is 19.5. The molecule has 0 aromatic heterocycles. The van der Waals surface area contributed by atoms with Crippen molar-refractivity contribution in [2.24, 2.45) is 5.41 Å². The summed E-state index contributed by atoms with van der Waals surface area (Å²) in [7, 11) is 2.66. The van der Waals surface area contributed by atoms with Gasteiger partial charge in [-0.05, 0) is 24.1 Å². The van der Waals surface area contributed by atoms with E-state index in [1.807, 2.05) is 13.8 Å². The number of hydrogen-bond acceptors (Lipinski definition) is 14. The first-order valence-electron chi connectivity index (χ1n) is 13.4. The lowest BCUT2D eigenvalue weighted by molar-refractivity contribution is -0.356. The van der Waals surface area contributed by atoms with Gasteiger partial charge in [-0.1, -0.05) is 26.0 Å². The molecule has 14 nitrogen and oxygen atoms in total. The van der Waals surface area contributed by atoms with Crippen LogP contribution in [0.5, 0.6) is 5.75 Å².